The number of nitrogens with zero attached hydrogens (tertiary/aromatic N) is 4. The zero-order valence-electron chi connectivity index (χ0n) is 34.7. The summed E-state index contributed by atoms with van der Waals surface area (Å²) in [4.78, 5) is 71.1. The first kappa shape index (κ1) is 40.7. The molecule has 0 unspecified atom stereocenters. The second kappa shape index (κ2) is 17.7. The highest BCUT2D eigenvalue weighted by atomic mass is 16.5. The van der Waals surface area contributed by atoms with Gasteiger partial charge in [0, 0.05) is 31.9 Å². The van der Waals surface area contributed by atoms with Crippen molar-refractivity contribution in [3.8, 4) is 33.6 Å². The van der Waals surface area contributed by atoms with Gasteiger partial charge in [0.2, 0.25) is 18.2 Å². The molecule has 3 aromatic carbocycles. The van der Waals surface area contributed by atoms with Crippen LogP contribution in [0.4, 0.5) is 4.79 Å². The maximum Gasteiger partial charge on any atom is 0.407 e. The number of methoxy groups -OCH3 is 1. The lowest BCUT2D eigenvalue weighted by Crippen LogP contribution is -2.53. The molecule has 4 atom stereocenters. The summed E-state index contributed by atoms with van der Waals surface area (Å²) in [7, 11) is 1.31. The topological polar surface area (TPSA) is 175 Å². The highest BCUT2D eigenvalue weighted by Gasteiger charge is 2.40. The first-order chi connectivity index (χ1) is 29.1. The lowest BCUT2D eigenvalue weighted by Gasteiger charge is -2.34. The van der Waals surface area contributed by atoms with Gasteiger partial charge in [-0.1, -0.05) is 50.2 Å². The maximum atomic E-state index is 14.0. The number of carbonyl (C=O) groups is 4. The number of nitrogens with one attached hydrogen (secondary N) is 4. The lowest BCUT2D eigenvalue weighted by molar-refractivity contribution is -0.137. The van der Waals surface area contributed by atoms with Crippen LogP contribution in [0.2, 0.25) is 0 Å². The molecule has 5 heterocycles. The number of likely N-dealkylation sites (tertiary alicyclic amines) is 2. The van der Waals surface area contributed by atoms with E-state index in [1.54, 1.807) is 0 Å². The molecule has 0 aliphatic carbocycles. The quantitative estimate of drug-likeness (QED) is 0.0991. The van der Waals surface area contributed by atoms with Crippen molar-refractivity contribution < 1.29 is 28.7 Å². The van der Waals surface area contributed by atoms with E-state index in [2.05, 4.69) is 82.1 Å². The van der Waals surface area contributed by atoms with Crippen LogP contribution in [0.15, 0.2) is 67.0 Å². The Bertz CT molecular complexity index is 2370. The summed E-state index contributed by atoms with van der Waals surface area (Å²) in [5, 5.41) is 7.74. The number of benzene rings is 3. The number of aryl methyl sites for hydroxylation is 1. The van der Waals surface area contributed by atoms with Gasteiger partial charge in [-0.25, -0.2) is 14.8 Å². The molecule has 0 spiro atoms. The Labute approximate surface area is 349 Å². The van der Waals surface area contributed by atoms with Crippen molar-refractivity contribution in [2.75, 3.05) is 33.4 Å². The lowest BCUT2D eigenvalue weighted by atomic mass is 9.90. The van der Waals surface area contributed by atoms with Crippen LogP contribution in [0.3, 0.4) is 0 Å². The van der Waals surface area contributed by atoms with Crippen LogP contribution in [0.1, 0.15) is 81.7 Å². The van der Waals surface area contributed by atoms with Crippen molar-refractivity contribution in [3.63, 3.8) is 0 Å². The van der Waals surface area contributed by atoms with E-state index >= 15 is 0 Å². The molecule has 14 nitrogen and oxygen atoms in total. The number of hydrogen-bond acceptors (Lipinski definition) is 8. The van der Waals surface area contributed by atoms with E-state index in [1.165, 1.54) is 7.11 Å². The number of fused-ring (bicyclic) bond motifs is 1. The third-order valence-electron chi connectivity index (χ3n) is 12.5. The molecule has 314 valence electrons. The number of aromatic nitrogens is 4. The average molecular weight is 815 g/mol. The molecule has 8 rings (SSSR count). The molecular weight excluding hydrogens is 761 g/mol. The molecule has 4 amide bonds. The van der Waals surface area contributed by atoms with Crippen LogP contribution in [-0.2, 0) is 23.9 Å². The maximum absolute atomic E-state index is 14.0. The van der Waals surface area contributed by atoms with Crippen molar-refractivity contribution in [2.24, 2.45) is 11.8 Å². The minimum Gasteiger partial charge on any atom is -0.453 e. The molecule has 0 bridgehead atoms. The number of carbonyl (C=O) groups excluding carboxylic acids is 4. The van der Waals surface area contributed by atoms with Crippen LogP contribution < -0.4 is 10.6 Å². The van der Waals surface area contributed by atoms with Crippen molar-refractivity contribution in [1.29, 1.82) is 0 Å². The first-order valence-corrected chi connectivity index (χ1v) is 21.1. The molecule has 0 radical (unpaired) electrons. The van der Waals surface area contributed by atoms with E-state index in [4.69, 9.17) is 19.4 Å². The molecule has 60 heavy (non-hydrogen) atoms. The van der Waals surface area contributed by atoms with Crippen LogP contribution in [-0.4, -0.2) is 99.6 Å². The molecular formula is C46H54N8O6. The van der Waals surface area contributed by atoms with E-state index in [0.717, 1.165) is 87.3 Å². The number of amides is 4. The van der Waals surface area contributed by atoms with Gasteiger partial charge >= 0.3 is 6.09 Å². The van der Waals surface area contributed by atoms with Crippen LogP contribution in [0.25, 0.3) is 44.4 Å². The van der Waals surface area contributed by atoms with Crippen LogP contribution in [0.5, 0.6) is 0 Å². The summed E-state index contributed by atoms with van der Waals surface area (Å²) < 4.78 is 10.4. The van der Waals surface area contributed by atoms with Crippen LogP contribution in [0, 0.1) is 18.8 Å². The normalized spacial score (nSPS) is 19.4. The number of H-pyrrole nitrogens is 2. The number of hydrogen-bond donors (Lipinski definition) is 4. The summed E-state index contributed by atoms with van der Waals surface area (Å²) >= 11 is 0. The fourth-order valence-electron chi connectivity index (χ4n) is 9.27. The average Bonchev–Trinajstić information content (AvgIpc) is 4.11. The molecule has 3 aliphatic rings. The zero-order valence-corrected chi connectivity index (χ0v) is 34.7. The number of ether oxygens (including phenoxy) is 2. The zero-order chi connectivity index (χ0) is 41.9. The second-order valence-electron chi connectivity index (χ2n) is 16.6. The van der Waals surface area contributed by atoms with Crippen molar-refractivity contribution in [2.45, 2.75) is 83.5 Å². The predicted octanol–water partition coefficient (Wildman–Crippen LogP) is 6.84. The molecule has 3 saturated heterocycles. The molecule has 5 aromatic rings. The molecule has 4 N–H and O–H groups in total. The Kier molecular flexibility index (Phi) is 12.0. The monoisotopic (exact) mass is 814 g/mol. The fourth-order valence-corrected chi connectivity index (χ4v) is 9.27. The van der Waals surface area contributed by atoms with Gasteiger partial charge in [0.05, 0.1) is 43.0 Å². The van der Waals surface area contributed by atoms with Gasteiger partial charge in [-0.3, -0.25) is 14.4 Å². The van der Waals surface area contributed by atoms with E-state index in [9.17, 15) is 19.2 Å². The summed E-state index contributed by atoms with van der Waals surface area (Å²) in [5.41, 5.74) is 7.14. The molecule has 2 aromatic heterocycles. The van der Waals surface area contributed by atoms with Crippen LogP contribution >= 0.6 is 0 Å². The molecule has 3 fully saturated rings. The number of rotatable bonds is 12. The molecule has 0 saturated carbocycles. The van der Waals surface area contributed by atoms with Gasteiger partial charge < -0.3 is 39.9 Å². The van der Waals surface area contributed by atoms with E-state index in [1.807, 2.05) is 36.0 Å². The van der Waals surface area contributed by atoms with Crippen molar-refractivity contribution in [3.05, 3.63) is 84.2 Å². The Morgan fingerprint density at radius 3 is 1.95 bits per heavy atom. The predicted molar refractivity (Wildman–Crippen MR) is 227 cm³/mol. The minimum atomic E-state index is -0.682. The first-order valence-electron chi connectivity index (χ1n) is 21.1. The third-order valence-corrected chi connectivity index (χ3v) is 12.5. The van der Waals surface area contributed by atoms with E-state index in [0.29, 0.717) is 45.6 Å². The SMILES string of the molecule is COC(=O)N[C@H](C(=O)N1CCC[C@H]1c1ncc(-c2ccc(-c3ccc4cc(-c5cnc([C@@H]6CCCN6C(=O)[C@@H](NC=O)C(C)C)[nH]5)ccc4c3)c(C)c2)[nH]1)C1CCOCC1. The van der Waals surface area contributed by atoms with E-state index in [-0.39, 0.29) is 35.7 Å². The molecule has 14 heteroatoms. The number of aromatic amines is 2. The summed E-state index contributed by atoms with van der Waals surface area (Å²) in [6, 6.07) is 17.7. The summed E-state index contributed by atoms with van der Waals surface area (Å²) in [6.45, 7) is 8.33. The fraction of sp³-hybridized carbons (Fsp3) is 0.435. The third kappa shape index (κ3) is 8.25. The number of imidazole rings is 2. The van der Waals surface area contributed by atoms with Crippen molar-refractivity contribution in [1.82, 2.24) is 40.4 Å². The summed E-state index contributed by atoms with van der Waals surface area (Å²) in [6.07, 6.45) is 8.38. The standard InChI is InChI=1S/C46H54N8O6/c1-27(2)40(49-26-55)44(56)53-17-5-7-38(53)42-48-25-37(51-42)34-12-10-30-22-32(11-9-31(30)23-34)35-14-13-33(21-28(35)3)36-24-47-43(50-36)39-8-6-18-54(39)45(57)41(52-46(58)59-4)29-15-19-60-20-16-29/h9-14,21-27,29,38-41H,5-8,15-20H2,1-4H3,(H,47,50)(H,48,51)(H,49,55)(H,52,58)/t38-,39-,40-,41-/m0/s1. The minimum absolute atomic E-state index is 0.0233. The van der Waals surface area contributed by atoms with Gasteiger partial charge in [-0.2, -0.15) is 0 Å². The smallest absolute Gasteiger partial charge is 0.407 e. The van der Waals surface area contributed by atoms with Crippen molar-refractivity contribution >= 4 is 35.1 Å². The van der Waals surface area contributed by atoms with Gasteiger partial charge in [0.15, 0.2) is 0 Å². The Morgan fingerprint density at radius 2 is 1.37 bits per heavy atom. The van der Waals surface area contributed by atoms with E-state index < -0.39 is 18.2 Å². The van der Waals surface area contributed by atoms with Gasteiger partial charge in [-0.15, -0.1) is 0 Å². The largest absolute Gasteiger partial charge is 0.453 e. The number of alkyl carbamates (subject to hydrolysis) is 1. The van der Waals surface area contributed by atoms with Gasteiger partial charge in [0.1, 0.15) is 23.7 Å². The summed E-state index contributed by atoms with van der Waals surface area (Å²) in [5.74, 6) is 1.26. The Morgan fingerprint density at radius 1 is 0.800 bits per heavy atom. The Balaban J connectivity index is 0.959. The molecule has 3 aliphatic heterocycles. The second-order valence-corrected chi connectivity index (χ2v) is 16.6. The Hall–Kier alpha value is -6.02. The van der Waals surface area contributed by atoms with Gasteiger partial charge in [0.25, 0.3) is 0 Å². The highest BCUT2D eigenvalue weighted by molar-refractivity contribution is 5.91. The van der Waals surface area contributed by atoms with Gasteiger partial charge in [-0.05, 0) is 109 Å². The highest BCUT2D eigenvalue weighted by Crippen LogP contribution is 2.37.